The summed E-state index contributed by atoms with van der Waals surface area (Å²) >= 11 is 0. The van der Waals surface area contributed by atoms with Gasteiger partial charge in [-0.2, -0.15) is 0 Å². The van der Waals surface area contributed by atoms with E-state index in [0.717, 1.165) is 59.7 Å². The standard InChI is InChI=1S/C34H42FN3O6S/c1-5-30(34(40)36-27-13-7-6-8-14-27)37(22-25-12-10-9-11-24(25)2)33(39)23-38(28-17-15-26(35)16-18-28)45(41,42)29-19-20-31(43-3)32(21-29)44-4/h9-12,15-21,27,30H,5-8,13-14,22-23H2,1-4H3,(H,36,40). The average molecular weight is 640 g/mol. The van der Waals surface area contributed by atoms with Gasteiger partial charge in [0.15, 0.2) is 11.5 Å². The highest BCUT2D eigenvalue weighted by molar-refractivity contribution is 7.92. The fourth-order valence-electron chi connectivity index (χ4n) is 5.68. The van der Waals surface area contributed by atoms with E-state index in [1.165, 1.54) is 49.5 Å². The number of halogens is 1. The molecule has 11 heteroatoms. The summed E-state index contributed by atoms with van der Waals surface area (Å²) in [5.41, 5.74) is 1.87. The number of rotatable bonds is 13. The Morgan fingerprint density at radius 3 is 2.24 bits per heavy atom. The molecule has 45 heavy (non-hydrogen) atoms. The molecule has 0 saturated heterocycles. The Kier molecular flexibility index (Phi) is 11.4. The minimum atomic E-state index is -4.38. The number of carbonyl (C=O) groups is 2. The maximum atomic E-state index is 14.3. The largest absolute Gasteiger partial charge is 0.493 e. The molecule has 242 valence electrons. The molecule has 1 unspecified atom stereocenters. The smallest absolute Gasteiger partial charge is 0.264 e. The second kappa shape index (κ2) is 15.2. The van der Waals surface area contributed by atoms with Gasteiger partial charge in [-0.15, -0.1) is 0 Å². The monoisotopic (exact) mass is 639 g/mol. The maximum Gasteiger partial charge on any atom is 0.264 e. The van der Waals surface area contributed by atoms with Crippen LogP contribution in [-0.2, 0) is 26.2 Å². The molecule has 3 aromatic rings. The van der Waals surface area contributed by atoms with E-state index in [1.54, 1.807) is 0 Å². The third-order valence-electron chi connectivity index (χ3n) is 8.28. The molecule has 0 radical (unpaired) electrons. The van der Waals surface area contributed by atoms with Crippen molar-refractivity contribution in [2.45, 2.75) is 75.9 Å². The van der Waals surface area contributed by atoms with Crippen molar-refractivity contribution < 1.29 is 31.9 Å². The van der Waals surface area contributed by atoms with Crippen LogP contribution in [0.2, 0.25) is 0 Å². The fraction of sp³-hybridized carbons (Fsp3) is 0.412. The van der Waals surface area contributed by atoms with Crippen LogP contribution in [-0.4, -0.2) is 58.0 Å². The van der Waals surface area contributed by atoms with E-state index < -0.39 is 34.3 Å². The highest BCUT2D eigenvalue weighted by Gasteiger charge is 2.35. The number of benzene rings is 3. The van der Waals surface area contributed by atoms with E-state index in [9.17, 15) is 22.4 Å². The number of hydrogen-bond acceptors (Lipinski definition) is 6. The quantitative estimate of drug-likeness (QED) is 0.261. The summed E-state index contributed by atoms with van der Waals surface area (Å²) in [6.07, 6.45) is 5.30. The Morgan fingerprint density at radius 2 is 1.62 bits per heavy atom. The van der Waals surface area contributed by atoms with Crippen molar-refractivity contribution in [3.63, 3.8) is 0 Å². The van der Waals surface area contributed by atoms with Crippen molar-refractivity contribution in [3.8, 4) is 11.5 Å². The molecule has 3 aromatic carbocycles. The van der Waals surface area contributed by atoms with Crippen LogP contribution in [0.3, 0.4) is 0 Å². The lowest BCUT2D eigenvalue weighted by Crippen LogP contribution is -2.54. The Bertz CT molecular complexity index is 1570. The number of methoxy groups -OCH3 is 2. The van der Waals surface area contributed by atoms with Crippen LogP contribution in [0.1, 0.15) is 56.6 Å². The molecule has 0 aliphatic heterocycles. The minimum absolute atomic E-state index is 0.0388. The summed E-state index contributed by atoms with van der Waals surface area (Å²) < 4.78 is 53.8. The van der Waals surface area contributed by atoms with Crippen molar-refractivity contribution in [2.75, 3.05) is 25.1 Å². The Balaban J connectivity index is 1.74. The van der Waals surface area contributed by atoms with Crippen molar-refractivity contribution >= 4 is 27.5 Å². The molecule has 0 spiro atoms. The van der Waals surface area contributed by atoms with Crippen LogP contribution in [0.4, 0.5) is 10.1 Å². The zero-order valence-electron chi connectivity index (χ0n) is 26.3. The normalized spacial score (nSPS) is 14.3. The first-order valence-corrected chi connectivity index (χ1v) is 16.7. The van der Waals surface area contributed by atoms with Crippen LogP contribution in [0.15, 0.2) is 71.6 Å². The topological polar surface area (TPSA) is 105 Å². The summed E-state index contributed by atoms with van der Waals surface area (Å²) in [7, 11) is -1.55. The zero-order valence-corrected chi connectivity index (χ0v) is 27.1. The molecule has 4 rings (SSSR count). The van der Waals surface area contributed by atoms with Crippen molar-refractivity contribution in [1.29, 1.82) is 0 Å². The number of anilines is 1. The molecule has 1 saturated carbocycles. The zero-order chi connectivity index (χ0) is 32.6. The molecule has 1 aliphatic carbocycles. The lowest BCUT2D eigenvalue weighted by molar-refractivity contribution is -0.140. The number of amides is 2. The molecule has 0 heterocycles. The summed E-state index contributed by atoms with van der Waals surface area (Å²) in [6, 6.07) is 15.8. The SMILES string of the molecule is CCC(C(=O)NC1CCCCC1)N(Cc1ccccc1C)C(=O)CN(c1ccc(F)cc1)S(=O)(=O)c1ccc(OC)c(OC)c1. The van der Waals surface area contributed by atoms with Gasteiger partial charge < -0.3 is 19.7 Å². The molecule has 1 fully saturated rings. The summed E-state index contributed by atoms with van der Waals surface area (Å²) in [6.45, 7) is 3.24. The highest BCUT2D eigenvalue weighted by atomic mass is 32.2. The predicted octanol–water partition coefficient (Wildman–Crippen LogP) is 5.60. The van der Waals surface area contributed by atoms with E-state index in [4.69, 9.17) is 9.47 Å². The number of hydrogen-bond donors (Lipinski definition) is 1. The number of aryl methyl sites for hydroxylation is 1. The lowest BCUT2D eigenvalue weighted by atomic mass is 9.95. The van der Waals surface area contributed by atoms with Crippen molar-refractivity contribution in [2.24, 2.45) is 0 Å². The third kappa shape index (κ3) is 8.13. The molecular weight excluding hydrogens is 597 g/mol. The van der Waals surface area contributed by atoms with E-state index in [0.29, 0.717) is 12.2 Å². The van der Waals surface area contributed by atoms with Gasteiger partial charge in [0, 0.05) is 18.7 Å². The third-order valence-corrected chi connectivity index (χ3v) is 10.0. The van der Waals surface area contributed by atoms with E-state index in [2.05, 4.69) is 5.32 Å². The van der Waals surface area contributed by atoms with E-state index in [1.807, 2.05) is 38.1 Å². The number of sulfonamides is 1. The molecule has 1 atom stereocenters. The number of nitrogens with zero attached hydrogens (tertiary/aromatic N) is 2. The Labute approximate surface area is 265 Å². The first-order valence-electron chi connectivity index (χ1n) is 15.2. The highest BCUT2D eigenvalue weighted by Crippen LogP contribution is 2.32. The molecule has 1 N–H and O–H groups in total. The minimum Gasteiger partial charge on any atom is -0.493 e. The van der Waals surface area contributed by atoms with Gasteiger partial charge in [0.25, 0.3) is 10.0 Å². The average Bonchev–Trinajstić information content (AvgIpc) is 3.04. The molecule has 2 amide bonds. The van der Waals surface area contributed by atoms with Gasteiger partial charge in [-0.1, -0.05) is 50.5 Å². The van der Waals surface area contributed by atoms with Gasteiger partial charge >= 0.3 is 0 Å². The Hall–Kier alpha value is -4.12. The number of nitrogens with one attached hydrogen (secondary N) is 1. The second-order valence-corrected chi connectivity index (χ2v) is 13.1. The summed E-state index contributed by atoms with van der Waals surface area (Å²) in [5.74, 6) is -0.865. The first kappa shape index (κ1) is 33.8. The van der Waals surface area contributed by atoms with Crippen molar-refractivity contribution in [1.82, 2.24) is 10.2 Å². The second-order valence-electron chi connectivity index (χ2n) is 11.2. The van der Waals surface area contributed by atoms with Gasteiger partial charge in [-0.3, -0.25) is 13.9 Å². The first-order chi connectivity index (χ1) is 21.6. The lowest BCUT2D eigenvalue weighted by Gasteiger charge is -2.34. The van der Waals surface area contributed by atoms with Crippen LogP contribution < -0.4 is 19.1 Å². The molecule has 9 nitrogen and oxygen atoms in total. The number of ether oxygens (including phenoxy) is 2. The summed E-state index contributed by atoms with van der Waals surface area (Å²) in [5, 5.41) is 3.14. The molecule has 0 aromatic heterocycles. The van der Waals surface area contributed by atoms with Crippen molar-refractivity contribution in [3.05, 3.63) is 83.7 Å². The van der Waals surface area contributed by atoms with Gasteiger partial charge in [0.2, 0.25) is 11.8 Å². The molecular formula is C34H42FN3O6S. The predicted molar refractivity (Wildman–Crippen MR) is 171 cm³/mol. The van der Waals surface area contributed by atoms with Crippen LogP contribution in [0, 0.1) is 12.7 Å². The fourth-order valence-corrected chi connectivity index (χ4v) is 7.11. The van der Waals surface area contributed by atoms with Gasteiger partial charge in [-0.05, 0) is 73.7 Å². The van der Waals surface area contributed by atoms with Gasteiger partial charge in [-0.25, -0.2) is 12.8 Å². The van der Waals surface area contributed by atoms with E-state index >= 15 is 0 Å². The number of carbonyl (C=O) groups excluding carboxylic acids is 2. The van der Waals surface area contributed by atoms with Crippen LogP contribution in [0.5, 0.6) is 11.5 Å². The van der Waals surface area contributed by atoms with Crippen LogP contribution in [0.25, 0.3) is 0 Å². The van der Waals surface area contributed by atoms with Crippen LogP contribution >= 0.6 is 0 Å². The van der Waals surface area contributed by atoms with Gasteiger partial charge in [0.05, 0.1) is 24.8 Å². The summed E-state index contributed by atoms with van der Waals surface area (Å²) in [4.78, 5) is 29.3. The molecule has 0 bridgehead atoms. The molecule has 1 aliphatic rings. The Morgan fingerprint density at radius 1 is 0.956 bits per heavy atom. The van der Waals surface area contributed by atoms with E-state index in [-0.39, 0.29) is 34.8 Å². The maximum absolute atomic E-state index is 14.3. The van der Waals surface area contributed by atoms with Gasteiger partial charge in [0.1, 0.15) is 18.4 Å².